The molecule has 3 atom stereocenters. The standard InChI is InChI=1S/C23H46O4Si/c1-7-8-14-18-21(26-3)22(27-28(4,5)6)19-16-13-11-9-10-12-15-17-20(2)23(24)25/h13,16,20-22H,7-12,14-15,17-19H2,1-6H3,(H,24,25). The van der Waals surface area contributed by atoms with Crippen LogP contribution in [0, 0.1) is 5.92 Å². The minimum absolute atomic E-state index is 0.155. The summed E-state index contributed by atoms with van der Waals surface area (Å²) in [6.45, 7) is 10.8. The average molecular weight is 415 g/mol. The molecular formula is C23H46O4Si. The third-order valence-electron chi connectivity index (χ3n) is 5.03. The Labute approximate surface area is 175 Å². The smallest absolute Gasteiger partial charge is 0.306 e. The van der Waals surface area contributed by atoms with Gasteiger partial charge >= 0.3 is 5.97 Å². The Balaban J connectivity index is 4.21. The molecule has 0 aliphatic rings. The highest BCUT2D eigenvalue weighted by molar-refractivity contribution is 6.69. The molecule has 3 unspecified atom stereocenters. The van der Waals surface area contributed by atoms with E-state index in [0.29, 0.717) is 0 Å². The lowest BCUT2D eigenvalue weighted by Crippen LogP contribution is -2.39. The van der Waals surface area contributed by atoms with Crippen molar-refractivity contribution in [1.82, 2.24) is 0 Å². The molecule has 0 fully saturated rings. The van der Waals surface area contributed by atoms with E-state index in [1.165, 1.54) is 32.1 Å². The SMILES string of the molecule is CCCCCC(OC)C(CC=CCCCCCCC(C)C(=O)O)O[Si](C)(C)C. The van der Waals surface area contributed by atoms with Crippen molar-refractivity contribution in [3.05, 3.63) is 12.2 Å². The number of ether oxygens (including phenoxy) is 1. The molecule has 166 valence electrons. The molecule has 4 nitrogen and oxygen atoms in total. The van der Waals surface area contributed by atoms with Crippen LogP contribution in [-0.2, 0) is 14.0 Å². The van der Waals surface area contributed by atoms with Gasteiger partial charge in [-0.15, -0.1) is 0 Å². The van der Waals surface area contributed by atoms with Gasteiger partial charge in [0.15, 0.2) is 8.32 Å². The topological polar surface area (TPSA) is 55.8 Å². The van der Waals surface area contributed by atoms with Crippen LogP contribution < -0.4 is 0 Å². The number of carbonyl (C=O) groups is 1. The largest absolute Gasteiger partial charge is 0.481 e. The van der Waals surface area contributed by atoms with Crippen molar-refractivity contribution < 1.29 is 19.1 Å². The minimum atomic E-state index is -1.61. The molecule has 0 aliphatic carbocycles. The van der Waals surface area contributed by atoms with Crippen LogP contribution in [0.15, 0.2) is 12.2 Å². The highest BCUT2D eigenvalue weighted by Crippen LogP contribution is 2.20. The summed E-state index contributed by atoms with van der Waals surface area (Å²) in [4.78, 5) is 10.8. The summed E-state index contributed by atoms with van der Waals surface area (Å²) in [7, 11) is 0.201. The van der Waals surface area contributed by atoms with Gasteiger partial charge in [0.1, 0.15) is 0 Å². The number of allylic oxidation sites excluding steroid dienone is 1. The van der Waals surface area contributed by atoms with Crippen molar-refractivity contribution in [2.75, 3.05) is 7.11 Å². The lowest BCUT2D eigenvalue weighted by molar-refractivity contribution is -0.141. The van der Waals surface area contributed by atoms with Gasteiger partial charge in [-0.25, -0.2) is 0 Å². The molecule has 0 aromatic carbocycles. The van der Waals surface area contributed by atoms with Gasteiger partial charge in [0, 0.05) is 7.11 Å². The van der Waals surface area contributed by atoms with Gasteiger partial charge in [-0.2, -0.15) is 0 Å². The molecule has 0 radical (unpaired) electrons. The fourth-order valence-corrected chi connectivity index (χ4v) is 4.48. The zero-order valence-electron chi connectivity index (χ0n) is 19.3. The fourth-order valence-electron chi connectivity index (χ4n) is 3.32. The van der Waals surface area contributed by atoms with E-state index in [9.17, 15) is 4.79 Å². The van der Waals surface area contributed by atoms with Crippen LogP contribution in [0.5, 0.6) is 0 Å². The molecule has 0 aromatic rings. The average Bonchev–Trinajstić information content (AvgIpc) is 2.61. The first kappa shape index (κ1) is 27.3. The number of hydrogen-bond donors (Lipinski definition) is 1. The molecule has 0 spiro atoms. The highest BCUT2D eigenvalue weighted by atomic mass is 28.4. The number of rotatable bonds is 18. The predicted molar refractivity (Wildman–Crippen MR) is 121 cm³/mol. The number of methoxy groups -OCH3 is 1. The van der Waals surface area contributed by atoms with Crippen LogP contribution in [0.25, 0.3) is 0 Å². The molecule has 0 amide bonds. The second-order valence-corrected chi connectivity index (χ2v) is 13.4. The first-order valence-electron chi connectivity index (χ1n) is 11.3. The number of unbranched alkanes of at least 4 members (excludes halogenated alkanes) is 6. The van der Waals surface area contributed by atoms with E-state index in [4.69, 9.17) is 14.3 Å². The highest BCUT2D eigenvalue weighted by Gasteiger charge is 2.27. The third kappa shape index (κ3) is 15.3. The molecule has 28 heavy (non-hydrogen) atoms. The third-order valence-corrected chi connectivity index (χ3v) is 6.04. The molecular weight excluding hydrogens is 368 g/mol. The van der Waals surface area contributed by atoms with Crippen LogP contribution in [0.4, 0.5) is 0 Å². The van der Waals surface area contributed by atoms with Crippen molar-refractivity contribution >= 4 is 14.3 Å². The second-order valence-electron chi connectivity index (χ2n) is 8.98. The Kier molecular flexibility index (Phi) is 15.8. The fraction of sp³-hybridized carbons (Fsp3) is 0.870. The van der Waals surface area contributed by atoms with Crippen LogP contribution in [0.2, 0.25) is 19.6 Å². The van der Waals surface area contributed by atoms with Gasteiger partial charge in [-0.1, -0.05) is 64.5 Å². The van der Waals surface area contributed by atoms with Gasteiger partial charge in [0.25, 0.3) is 0 Å². The van der Waals surface area contributed by atoms with Gasteiger partial charge in [0.2, 0.25) is 0 Å². The van der Waals surface area contributed by atoms with Crippen LogP contribution >= 0.6 is 0 Å². The summed E-state index contributed by atoms with van der Waals surface area (Å²) in [5, 5.41) is 8.89. The van der Waals surface area contributed by atoms with E-state index in [1.54, 1.807) is 6.92 Å². The number of hydrogen-bond acceptors (Lipinski definition) is 3. The van der Waals surface area contributed by atoms with E-state index in [-0.39, 0.29) is 18.1 Å². The van der Waals surface area contributed by atoms with E-state index in [2.05, 4.69) is 38.7 Å². The number of aliphatic carboxylic acids is 1. The van der Waals surface area contributed by atoms with Gasteiger partial charge in [-0.05, 0) is 51.7 Å². The van der Waals surface area contributed by atoms with E-state index < -0.39 is 14.3 Å². The molecule has 0 rings (SSSR count). The maximum atomic E-state index is 10.8. The van der Waals surface area contributed by atoms with E-state index in [1.807, 2.05) is 7.11 Å². The lowest BCUT2D eigenvalue weighted by atomic mass is 10.0. The molecule has 0 saturated heterocycles. The summed E-state index contributed by atoms with van der Waals surface area (Å²) in [5.41, 5.74) is 0. The first-order chi connectivity index (χ1) is 13.2. The van der Waals surface area contributed by atoms with Crippen LogP contribution in [-0.4, -0.2) is 38.7 Å². The van der Waals surface area contributed by atoms with Crippen molar-refractivity contribution in [3.63, 3.8) is 0 Å². The van der Waals surface area contributed by atoms with Crippen molar-refractivity contribution in [2.24, 2.45) is 5.92 Å². The molecule has 0 aliphatic heterocycles. The molecule has 1 N–H and O–H groups in total. The number of carboxylic acids is 1. The van der Waals surface area contributed by atoms with Gasteiger partial charge in [-0.3, -0.25) is 4.79 Å². The zero-order chi connectivity index (χ0) is 21.4. The Morgan fingerprint density at radius 2 is 1.61 bits per heavy atom. The molecule has 0 heterocycles. The molecule has 0 saturated carbocycles. The Bertz CT molecular complexity index is 417. The second kappa shape index (κ2) is 16.2. The zero-order valence-corrected chi connectivity index (χ0v) is 20.3. The maximum Gasteiger partial charge on any atom is 0.306 e. The Morgan fingerprint density at radius 1 is 0.964 bits per heavy atom. The Hall–Kier alpha value is -0.653. The van der Waals surface area contributed by atoms with Gasteiger partial charge < -0.3 is 14.3 Å². The van der Waals surface area contributed by atoms with Crippen molar-refractivity contribution in [3.8, 4) is 0 Å². The van der Waals surface area contributed by atoms with Crippen molar-refractivity contribution in [2.45, 2.75) is 116 Å². The lowest BCUT2D eigenvalue weighted by Gasteiger charge is -2.31. The van der Waals surface area contributed by atoms with Gasteiger partial charge in [0.05, 0.1) is 18.1 Å². The number of carboxylic acid groups (broad SMARTS) is 1. The molecule has 0 bridgehead atoms. The summed E-state index contributed by atoms with van der Waals surface area (Å²) in [6.07, 6.45) is 16.9. The monoisotopic (exact) mass is 414 g/mol. The quantitative estimate of drug-likeness (QED) is 0.152. The molecule has 0 aromatic heterocycles. The summed E-state index contributed by atoms with van der Waals surface area (Å²) < 4.78 is 12.2. The summed E-state index contributed by atoms with van der Waals surface area (Å²) in [6, 6.07) is 0. The van der Waals surface area contributed by atoms with E-state index >= 15 is 0 Å². The summed E-state index contributed by atoms with van der Waals surface area (Å²) in [5.74, 6) is -0.892. The minimum Gasteiger partial charge on any atom is -0.481 e. The van der Waals surface area contributed by atoms with Crippen LogP contribution in [0.3, 0.4) is 0 Å². The maximum absolute atomic E-state index is 10.8. The predicted octanol–water partition coefficient (Wildman–Crippen LogP) is 6.81. The van der Waals surface area contributed by atoms with E-state index in [0.717, 1.165) is 38.5 Å². The van der Waals surface area contributed by atoms with Crippen LogP contribution in [0.1, 0.15) is 84.5 Å². The Morgan fingerprint density at radius 3 is 2.18 bits per heavy atom. The van der Waals surface area contributed by atoms with Crippen molar-refractivity contribution in [1.29, 1.82) is 0 Å². The summed E-state index contributed by atoms with van der Waals surface area (Å²) >= 11 is 0. The molecule has 5 heteroatoms. The normalized spacial score (nSPS) is 15.6. The first-order valence-corrected chi connectivity index (χ1v) is 14.7.